The highest BCUT2D eigenvalue weighted by molar-refractivity contribution is 5.93. The monoisotopic (exact) mass is 529 g/mol. The Labute approximate surface area is 220 Å². The van der Waals surface area contributed by atoms with Crippen molar-refractivity contribution in [3.8, 4) is 0 Å². The minimum Gasteiger partial charge on any atom is -0.387 e. The third-order valence-corrected chi connectivity index (χ3v) is 7.10. The molecule has 2 aliphatic carbocycles. The third kappa shape index (κ3) is 6.50. The van der Waals surface area contributed by atoms with Crippen molar-refractivity contribution < 1.29 is 17.9 Å². The van der Waals surface area contributed by atoms with Crippen LogP contribution >= 0.6 is 0 Å². The molecular formula is C27H34F3N7O. The molecule has 11 heteroatoms. The van der Waals surface area contributed by atoms with Crippen molar-refractivity contribution in [3.05, 3.63) is 47.7 Å². The van der Waals surface area contributed by atoms with Gasteiger partial charge in [-0.2, -0.15) is 0 Å². The van der Waals surface area contributed by atoms with E-state index in [1.165, 1.54) is 11.6 Å². The lowest BCUT2D eigenvalue weighted by Gasteiger charge is -2.30. The van der Waals surface area contributed by atoms with Crippen molar-refractivity contribution in [2.75, 3.05) is 31.1 Å². The van der Waals surface area contributed by atoms with E-state index in [2.05, 4.69) is 31.9 Å². The molecule has 5 rings (SSSR count). The molecule has 0 spiro atoms. The number of ether oxygens (including phenoxy) is 1. The number of piperazine rings is 1. The number of anilines is 1. The lowest BCUT2D eigenvalue weighted by atomic mass is 9.97. The molecule has 1 saturated heterocycles. The molecule has 3 aliphatic rings. The number of nitrogens with one attached hydrogen (secondary N) is 1. The third-order valence-electron chi connectivity index (χ3n) is 7.10. The van der Waals surface area contributed by atoms with Gasteiger partial charge < -0.3 is 16.0 Å². The van der Waals surface area contributed by atoms with E-state index in [4.69, 9.17) is 15.7 Å². The smallest absolute Gasteiger partial charge is 0.387 e. The van der Waals surface area contributed by atoms with Crippen molar-refractivity contribution in [3.63, 3.8) is 0 Å². The Morgan fingerprint density at radius 3 is 2.74 bits per heavy atom. The summed E-state index contributed by atoms with van der Waals surface area (Å²) >= 11 is 0. The molecule has 1 aliphatic heterocycles. The quantitative estimate of drug-likeness (QED) is 0.359. The summed E-state index contributed by atoms with van der Waals surface area (Å²) in [5, 5.41) is 4.50. The van der Waals surface area contributed by atoms with E-state index in [-0.39, 0.29) is 12.3 Å². The summed E-state index contributed by atoms with van der Waals surface area (Å²) < 4.78 is 42.1. The van der Waals surface area contributed by atoms with Gasteiger partial charge in [0.25, 0.3) is 0 Å². The van der Waals surface area contributed by atoms with Crippen LogP contribution in [0.4, 0.5) is 19.0 Å². The molecule has 2 fully saturated rings. The van der Waals surface area contributed by atoms with Crippen molar-refractivity contribution in [2.45, 2.75) is 69.8 Å². The fraction of sp³-hybridized carbons (Fsp3) is 0.556. The molecule has 0 radical (unpaired) electrons. The second-order valence-electron chi connectivity index (χ2n) is 10.2. The van der Waals surface area contributed by atoms with Crippen LogP contribution in [0.25, 0.3) is 10.9 Å². The number of hydrogen-bond acceptors (Lipinski definition) is 7. The van der Waals surface area contributed by atoms with E-state index >= 15 is 0 Å². The molecule has 38 heavy (non-hydrogen) atoms. The van der Waals surface area contributed by atoms with E-state index in [0.29, 0.717) is 29.7 Å². The Balaban J connectivity index is 1.45. The Morgan fingerprint density at radius 1 is 1.24 bits per heavy atom. The molecule has 2 unspecified atom stereocenters. The van der Waals surface area contributed by atoms with Crippen LogP contribution < -0.4 is 16.0 Å². The molecule has 3 heterocycles. The molecule has 0 aromatic carbocycles. The predicted octanol–water partition coefficient (Wildman–Crippen LogP) is 4.69. The maximum absolute atomic E-state index is 12.7. The highest BCUT2D eigenvalue weighted by atomic mass is 19.4. The van der Waals surface area contributed by atoms with Gasteiger partial charge in [-0.15, -0.1) is 13.2 Å². The van der Waals surface area contributed by atoms with Crippen LogP contribution in [-0.2, 0) is 4.74 Å². The zero-order chi connectivity index (χ0) is 26.7. The van der Waals surface area contributed by atoms with Gasteiger partial charge in [-0.1, -0.05) is 19.4 Å². The Bertz CT molecular complexity index is 1230. The van der Waals surface area contributed by atoms with Crippen LogP contribution in [0.5, 0.6) is 0 Å². The Hall–Kier alpha value is -3.05. The molecule has 0 bridgehead atoms. The maximum Gasteiger partial charge on any atom is 0.523 e. The van der Waals surface area contributed by atoms with Crippen LogP contribution in [0.2, 0.25) is 0 Å². The number of rotatable bonds is 9. The van der Waals surface area contributed by atoms with Crippen LogP contribution in [0.1, 0.15) is 68.7 Å². The van der Waals surface area contributed by atoms with Crippen LogP contribution in [0.3, 0.4) is 0 Å². The zero-order valence-electron chi connectivity index (χ0n) is 21.5. The second-order valence-corrected chi connectivity index (χ2v) is 10.2. The van der Waals surface area contributed by atoms with Crippen LogP contribution in [0.15, 0.2) is 41.3 Å². The first kappa shape index (κ1) is 26.6. The lowest BCUT2D eigenvalue weighted by molar-refractivity contribution is -0.336. The summed E-state index contributed by atoms with van der Waals surface area (Å²) in [6.07, 6.45) is 7.14. The van der Waals surface area contributed by atoms with Crippen molar-refractivity contribution >= 4 is 22.6 Å². The molecule has 8 nitrogen and oxygen atoms in total. The molecule has 1 saturated carbocycles. The van der Waals surface area contributed by atoms with E-state index in [1.807, 2.05) is 12.4 Å². The predicted molar refractivity (Wildman–Crippen MR) is 141 cm³/mol. The van der Waals surface area contributed by atoms with E-state index in [1.54, 1.807) is 12.2 Å². The summed E-state index contributed by atoms with van der Waals surface area (Å²) in [5.74, 6) is 2.40. The number of alkyl halides is 3. The number of aromatic nitrogens is 3. The number of hydrogen-bond donors (Lipinski definition) is 2. The Kier molecular flexibility index (Phi) is 7.94. The van der Waals surface area contributed by atoms with E-state index in [0.717, 1.165) is 68.6 Å². The average molecular weight is 530 g/mol. The number of nitrogens with zero attached hydrogens (tertiary/aromatic N) is 5. The summed E-state index contributed by atoms with van der Waals surface area (Å²) in [7, 11) is 0. The minimum atomic E-state index is -4.71. The lowest BCUT2D eigenvalue weighted by Crippen LogP contribution is -2.44. The van der Waals surface area contributed by atoms with Gasteiger partial charge in [-0.05, 0) is 49.3 Å². The normalized spacial score (nSPS) is 21.6. The van der Waals surface area contributed by atoms with Gasteiger partial charge in [0.1, 0.15) is 17.5 Å². The number of pyridine rings is 1. The molecule has 3 N–H and O–H groups in total. The van der Waals surface area contributed by atoms with Gasteiger partial charge in [0, 0.05) is 50.1 Å². The fourth-order valence-corrected chi connectivity index (χ4v) is 5.20. The van der Waals surface area contributed by atoms with Crippen LogP contribution in [0, 0.1) is 0 Å². The van der Waals surface area contributed by atoms with Gasteiger partial charge in [0.05, 0.1) is 23.5 Å². The fourth-order valence-electron chi connectivity index (χ4n) is 5.20. The van der Waals surface area contributed by atoms with Crippen molar-refractivity contribution in [1.29, 1.82) is 0 Å². The molecule has 2 aromatic rings. The van der Waals surface area contributed by atoms with Gasteiger partial charge in [0.15, 0.2) is 0 Å². The Morgan fingerprint density at radius 2 is 2.03 bits per heavy atom. The van der Waals surface area contributed by atoms with Crippen molar-refractivity contribution in [1.82, 2.24) is 20.3 Å². The standard InChI is InChI=1S/C27H34F3N7O/c1-2-4-18(13-23(31)34-19-5-3-6-20(14-19)38-27(28,29)30)25-35-22-16-33-15-21(17-7-8-17)24(22)26(36-25)37-11-9-32-10-12-37/h3,5,14-18,20,32H,2,4,6-13H2,1H3,(H2,31,34). The number of aliphatic imine (C=N–C) groups is 1. The first-order valence-corrected chi connectivity index (χ1v) is 13.4. The van der Waals surface area contributed by atoms with Crippen molar-refractivity contribution in [2.24, 2.45) is 10.7 Å². The summed E-state index contributed by atoms with van der Waals surface area (Å²) in [6.45, 7) is 5.61. The molecular weight excluding hydrogens is 495 g/mol. The summed E-state index contributed by atoms with van der Waals surface area (Å²) in [6, 6.07) is 0. The van der Waals surface area contributed by atoms with Crippen LogP contribution in [-0.4, -0.2) is 59.4 Å². The van der Waals surface area contributed by atoms with Gasteiger partial charge in [-0.3, -0.25) is 9.72 Å². The maximum atomic E-state index is 12.7. The highest BCUT2D eigenvalue weighted by Gasteiger charge is 2.33. The van der Waals surface area contributed by atoms with E-state index in [9.17, 15) is 13.2 Å². The number of amidine groups is 1. The number of fused-ring (bicyclic) bond motifs is 1. The van der Waals surface area contributed by atoms with Gasteiger partial charge >= 0.3 is 6.36 Å². The molecule has 2 aromatic heterocycles. The van der Waals surface area contributed by atoms with E-state index < -0.39 is 12.5 Å². The summed E-state index contributed by atoms with van der Waals surface area (Å²) in [4.78, 5) is 21.4. The van der Waals surface area contributed by atoms with Gasteiger partial charge in [0.2, 0.25) is 0 Å². The van der Waals surface area contributed by atoms with Gasteiger partial charge in [-0.25, -0.2) is 15.0 Å². The number of halogens is 3. The largest absolute Gasteiger partial charge is 0.523 e. The SMILES string of the molecule is CCCC(CC(N)=NC1=CC(OC(F)(F)F)CC=C1)c1nc(N2CCNCC2)c2c(C3CC3)cncc2n1. The molecule has 204 valence electrons. The number of allylic oxidation sites excluding steroid dienone is 1. The first-order chi connectivity index (χ1) is 18.3. The zero-order valence-corrected chi connectivity index (χ0v) is 21.5. The minimum absolute atomic E-state index is 0.0882. The highest BCUT2D eigenvalue weighted by Crippen LogP contribution is 2.45. The first-order valence-electron chi connectivity index (χ1n) is 13.4. The molecule has 0 amide bonds. The number of nitrogens with two attached hydrogens (primary N) is 1. The average Bonchev–Trinajstić information content (AvgIpc) is 3.73. The second kappa shape index (κ2) is 11.4. The summed E-state index contributed by atoms with van der Waals surface area (Å²) in [5.41, 5.74) is 8.76. The molecule has 2 atom stereocenters. The topological polar surface area (TPSA) is 102 Å².